The van der Waals surface area contributed by atoms with E-state index in [9.17, 15) is 10.1 Å². The van der Waals surface area contributed by atoms with Crippen LogP contribution in [0.15, 0.2) is 12.1 Å². The lowest BCUT2D eigenvalue weighted by Crippen LogP contribution is -1.99. The van der Waals surface area contributed by atoms with Gasteiger partial charge in [0.25, 0.3) is 5.69 Å². The van der Waals surface area contributed by atoms with E-state index < -0.39 is 4.92 Å². The van der Waals surface area contributed by atoms with Crippen LogP contribution >= 0.6 is 11.6 Å². The van der Waals surface area contributed by atoms with E-state index in [4.69, 9.17) is 22.1 Å². The molecule has 0 saturated carbocycles. The molecule has 5 nitrogen and oxygen atoms in total. The molecular formula is C8H9ClN2O3. The van der Waals surface area contributed by atoms with Crippen LogP contribution in [0.1, 0.15) is 6.92 Å². The van der Waals surface area contributed by atoms with E-state index in [1.165, 1.54) is 12.1 Å². The van der Waals surface area contributed by atoms with E-state index in [1.54, 1.807) is 6.92 Å². The predicted octanol–water partition coefficient (Wildman–Crippen LogP) is 2.23. The van der Waals surface area contributed by atoms with Gasteiger partial charge in [-0.1, -0.05) is 11.6 Å². The molecule has 1 aromatic rings. The second kappa shape index (κ2) is 4.15. The number of anilines is 1. The van der Waals surface area contributed by atoms with Crippen LogP contribution < -0.4 is 10.5 Å². The molecule has 0 unspecified atom stereocenters. The lowest BCUT2D eigenvalue weighted by atomic mass is 10.2. The minimum atomic E-state index is -0.558. The van der Waals surface area contributed by atoms with Gasteiger partial charge in [-0.05, 0) is 6.92 Å². The van der Waals surface area contributed by atoms with Crippen molar-refractivity contribution >= 4 is 23.0 Å². The Morgan fingerprint density at radius 1 is 1.64 bits per heavy atom. The van der Waals surface area contributed by atoms with Crippen LogP contribution in [0.5, 0.6) is 5.75 Å². The van der Waals surface area contributed by atoms with E-state index in [1.807, 2.05) is 0 Å². The zero-order valence-corrected chi connectivity index (χ0v) is 8.25. The zero-order chi connectivity index (χ0) is 10.7. The summed E-state index contributed by atoms with van der Waals surface area (Å²) in [7, 11) is 0. The molecule has 0 aliphatic carbocycles. The zero-order valence-electron chi connectivity index (χ0n) is 7.49. The summed E-state index contributed by atoms with van der Waals surface area (Å²) in [5.74, 6) is 0.291. The molecule has 0 atom stereocenters. The molecule has 1 rings (SSSR count). The average Bonchev–Trinajstić information content (AvgIpc) is 2.10. The van der Waals surface area contributed by atoms with E-state index in [-0.39, 0.29) is 16.4 Å². The van der Waals surface area contributed by atoms with Gasteiger partial charge in [-0.25, -0.2) is 0 Å². The summed E-state index contributed by atoms with van der Waals surface area (Å²) < 4.78 is 5.12. The molecule has 0 saturated heterocycles. The molecule has 14 heavy (non-hydrogen) atoms. The Balaban J connectivity index is 3.18. The number of nitro groups is 1. The van der Waals surface area contributed by atoms with Crippen molar-refractivity contribution in [2.24, 2.45) is 0 Å². The number of ether oxygens (including phenoxy) is 1. The van der Waals surface area contributed by atoms with Crippen molar-refractivity contribution in [2.75, 3.05) is 12.3 Å². The molecule has 76 valence electrons. The lowest BCUT2D eigenvalue weighted by molar-refractivity contribution is -0.384. The Labute approximate surface area is 85.6 Å². The molecule has 0 spiro atoms. The molecule has 1 aromatic carbocycles. The van der Waals surface area contributed by atoms with Gasteiger partial charge in [-0.3, -0.25) is 10.1 Å². The molecular weight excluding hydrogens is 208 g/mol. The van der Waals surface area contributed by atoms with Crippen molar-refractivity contribution in [3.05, 3.63) is 27.3 Å². The first-order chi connectivity index (χ1) is 6.56. The Morgan fingerprint density at radius 3 is 2.71 bits per heavy atom. The number of nitro benzene ring substituents is 1. The third-order valence-electron chi connectivity index (χ3n) is 1.56. The SMILES string of the molecule is CCOc1c(N)cc([N+](=O)[O-])cc1Cl. The van der Waals surface area contributed by atoms with Gasteiger partial charge in [-0.15, -0.1) is 0 Å². The molecule has 0 radical (unpaired) electrons. The lowest BCUT2D eigenvalue weighted by Gasteiger charge is -2.07. The van der Waals surface area contributed by atoms with Gasteiger partial charge >= 0.3 is 0 Å². The highest BCUT2D eigenvalue weighted by atomic mass is 35.5. The second-order valence-corrected chi connectivity index (χ2v) is 2.94. The van der Waals surface area contributed by atoms with Crippen molar-refractivity contribution in [1.29, 1.82) is 0 Å². The predicted molar refractivity (Wildman–Crippen MR) is 53.7 cm³/mol. The minimum Gasteiger partial charge on any atom is -0.490 e. The number of benzene rings is 1. The van der Waals surface area contributed by atoms with Crippen molar-refractivity contribution in [1.82, 2.24) is 0 Å². The second-order valence-electron chi connectivity index (χ2n) is 2.54. The number of non-ortho nitro benzene ring substituents is 1. The van der Waals surface area contributed by atoms with Crippen LogP contribution in [-0.2, 0) is 0 Å². The third-order valence-corrected chi connectivity index (χ3v) is 1.84. The number of nitrogens with two attached hydrogens (primary N) is 1. The molecule has 0 aliphatic heterocycles. The Morgan fingerprint density at radius 2 is 2.29 bits per heavy atom. The van der Waals surface area contributed by atoms with Crippen LogP contribution in [0.25, 0.3) is 0 Å². The third kappa shape index (κ3) is 2.05. The summed E-state index contributed by atoms with van der Waals surface area (Å²) >= 11 is 5.75. The first kappa shape index (κ1) is 10.6. The maximum Gasteiger partial charge on any atom is 0.273 e. The van der Waals surface area contributed by atoms with Gasteiger partial charge in [0.15, 0.2) is 5.75 Å². The Bertz CT molecular complexity index is 345. The molecule has 0 aromatic heterocycles. The van der Waals surface area contributed by atoms with Gasteiger partial charge in [0.1, 0.15) is 0 Å². The van der Waals surface area contributed by atoms with Crippen LogP contribution in [-0.4, -0.2) is 11.5 Å². The number of hydrogen-bond donors (Lipinski definition) is 1. The number of rotatable bonds is 3. The van der Waals surface area contributed by atoms with Gasteiger partial charge in [-0.2, -0.15) is 0 Å². The Kier molecular flexibility index (Phi) is 3.14. The fraction of sp³-hybridized carbons (Fsp3) is 0.250. The van der Waals surface area contributed by atoms with Crippen LogP contribution in [0.4, 0.5) is 11.4 Å². The van der Waals surface area contributed by atoms with Crippen molar-refractivity contribution < 1.29 is 9.66 Å². The number of nitrogen functional groups attached to an aromatic ring is 1. The maximum atomic E-state index is 10.4. The summed E-state index contributed by atoms with van der Waals surface area (Å²) in [6.45, 7) is 2.18. The normalized spacial score (nSPS) is 9.86. The summed E-state index contributed by atoms with van der Waals surface area (Å²) in [6, 6.07) is 2.43. The number of halogens is 1. The monoisotopic (exact) mass is 216 g/mol. The van der Waals surface area contributed by atoms with Crippen molar-refractivity contribution in [3.63, 3.8) is 0 Å². The van der Waals surface area contributed by atoms with Crippen LogP contribution in [0.3, 0.4) is 0 Å². The van der Waals surface area contributed by atoms with E-state index in [0.29, 0.717) is 12.4 Å². The Hall–Kier alpha value is -1.49. The smallest absolute Gasteiger partial charge is 0.273 e. The summed E-state index contributed by atoms with van der Waals surface area (Å²) in [5.41, 5.74) is 5.56. The van der Waals surface area contributed by atoms with Gasteiger partial charge in [0.05, 0.1) is 22.2 Å². The summed E-state index contributed by atoms with van der Waals surface area (Å²) in [4.78, 5) is 9.87. The highest BCUT2D eigenvalue weighted by molar-refractivity contribution is 6.32. The highest BCUT2D eigenvalue weighted by Gasteiger charge is 2.14. The largest absolute Gasteiger partial charge is 0.490 e. The number of hydrogen-bond acceptors (Lipinski definition) is 4. The summed E-state index contributed by atoms with van der Waals surface area (Å²) in [6.07, 6.45) is 0. The highest BCUT2D eigenvalue weighted by Crippen LogP contribution is 2.35. The van der Waals surface area contributed by atoms with Crippen molar-refractivity contribution in [2.45, 2.75) is 6.92 Å². The fourth-order valence-corrected chi connectivity index (χ4v) is 1.28. The van der Waals surface area contributed by atoms with Crippen LogP contribution in [0, 0.1) is 10.1 Å². The van der Waals surface area contributed by atoms with Gasteiger partial charge in [0.2, 0.25) is 0 Å². The molecule has 0 bridgehead atoms. The van der Waals surface area contributed by atoms with E-state index in [2.05, 4.69) is 0 Å². The molecule has 0 heterocycles. The molecule has 6 heteroatoms. The molecule has 0 amide bonds. The molecule has 0 fully saturated rings. The molecule has 0 aliphatic rings. The number of nitrogens with zero attached hydrogens (tertiary/aromatic N) is 1. The van der Waals surface area contributed by atoms with E-state index in [0.717, 1.165) is 0 Å². The van der Waals surface area contributed by atoms with Gasteiger partial charge < -0.3 is 10.5 Å². The first-order valence-corrected chi connectivity index (χ1v) is 4.30. The standard InChI is InChI=1S/C8H9ClN2O3/c1-2-14-8-6(9)3-5(11(12)13)4-7(8)10/h3-4H,2,10H2,1H3. The summed E-state index contributed by atoms with van der Waals surface area (Å²) in [5, 5.41) is 10.6. The van der Waals surface area contributed by atoms with Crippen LogP contribution in [0.2, 0.25) is 5.02 Å². The topological polar surface area (TPSA) is 78.4 Å². The van der Waals surface area contributed by atoms with Gasteiger partial charge in [0, 0.05) is 12.1 Å². The quantitative estimate of drug-likeness (QED) is 0.477. The molecule has 2 N–H and O–H groups in total. The minimum absolute atomic E-state index is 0.143. The first-order valence-electron chi connectivity index (χ1n) is 3.92. The van der Waals surface area contributed by atoms with E-state index >= 15 is 0 Å². The van der Waals surface area contributed by atoms with Crippen molar-refractivity contribution in [3.8, 4) is 5.75 Å². The average molecular weight is 217 g/mol. The fourth-order valence-electron chi connectivity index (χ4n) is 1.00. The maximum absolute atomic E-state index is 10.4.